The van der Waals surface area contributed by atoms with E-state index in [2.05, 4.69) is 30.8 Å². The molecule has 19 heteroatoms. The molecule has 60 heavy (non-hydrogen) atoms. The molecule has 8 rings (SSSR count). The van der Waals surface area contributed by atoms with Crippen LogP contribution in [0.5, 0.6) is 0 Å². The summed E-state index contributed by atoms with van der Waals surface area (Å²) in [4.78, 5) is 36.3. The normalized spacial score (nSPS) is 15.4. The van der Waals surface area contributed by atoms with Crippen molar-refractivity contribution in [1.82, 2.24) is 39.4 Å². The number of amides is 2. The Bertz CT molecular complexity index is 2710. The molecule has 16 nitrogen and oxygen atoms in total. The molecular formula is C41H46N8O8S3. The quantitative estimate of drug-likeness (QED) is 0.167. The molecule has 2 saturated heterocycles. The third kappa shape index (κ3) is 9.41. The fourth-order valence-electron chi connectivity index (χ4n) is 6.94. The smallest absolute Gasteiger partial charge is 0.261 e. The number of nitrogens with zero attached hydrogens (tertiary/aromatic N) is 5. The van der Waals surface area contributed by atoms with Crippen LogP contribution in [0.3, 0.4) is 0 Å². The van der Waals surface area contributed by atoms with Crippen LogP contribution in [0.4, 0.5) is 0 Å². The summed E-state index contributed by atoms with van der Waals surface area (Å²) >= 11 is 1.37. The van der Waals surface area contributed by atoms with E-state index in [-0.39, 0.29) is 21.6 Å². The average Bonchev–Trinajstić information content (AvgIpc) is 3.90. The molecule has 3 aromatic carbocycles. The molecule has 0 aliphatic carbocycles. The fourth-order valence-corrected chi connectivity index (χ4v) is 10.9. The number of aromatic nitrogens is 4. The maximum atomic E-state index is 12.9. The summed E-state index contributed by atoms with van der Waals surface area (Å²) in [6.07, 6.45) is 2.44. The summed E-state index contributed by atoms with van der Waals surface area (Å²) in [5.74, 6) is 0.310. The first kappa shape index (κ1) is 43.0. The van der Waals surface area contributed by atoms with Crippen LogP contribution in [0.2, 0.25) is 0 Å². The van der Waals surface area contributed by atoms with Crippen molar-refractivity contribution in [2.75, 3.05) is 52.6 Å². The Kier molecular flexibility index (Phi) is 13.3. The number of sulfonamides is 2. The van der Waals surface area contributed by atoms with Gasteiger partial charge in [0, 0.05) is 50.0 Å². The monoisotopic (exact) mass is 874 g/mol. The second-order valence-corrected chi connectivity index (χ2v) is 19.0. The number of thiophene rings is 1. The number of hydrogen-bond donors (Lipinski definition) is 3. The SMILES string of the molecule is CCc1nc(C)nc2sc(C(=O)NCc3ccc(S(=O)(=O)N4CCOCC4)cc3)c(C)c12.O=C(NCc1ccc(S(=O)(=O)N2CCOCC2)cc1)c1cccc2cn[nH]c12. The van der Waals surface area contributed by atoms with Gasteiger partial charge in [0.1, 0.15) is 10.7 Å². The Labute approximate surface area is 352 Å². The number of para-hydroxylation sites is 1. The first-order chi connectivity index (χ1) is 28.9. The summed E-state index contributed by atoms with van der Waals surface area (Å²) in [5.41, 5.74) is 4.69. The van der Waals surface area contributed by atoms with Crippen molar-refractivity contribution in [2.45, 2.75) is 50.1 Å². The number of benzene rings is 3. The van der Waals surface area contributed by atoms with Gasteiger partial charge in [-0.3, -0.25) is 14.7 Å². The lowest BCUT2D eigenvalue weighted by molar-refractivity contribution is 0.0730. The fraction of sp³-hybridized carbons (Fsp3) is 0.341. The first-order valence-corrected chi connectivity index (χ1v) is 23.1. The van der Waals surface area contributed by atoms with Crippen molar-refractivity contribution in [3.8, 4) is 0 Å². The number of carbonyl (C=O) groups is 2. The van der Waals surface area contributed by atoms with E-state index in [1.54, 1.807) is 66.9 Å². The molecule has 6 aromatic rings. The molecule has 0 atom stereocenters. The van der Waals surface area contributed by atoms with Crippen LogP contribution in [0.1, 0.15) is 55.2 Å². The van der Waals surface area contributed by atoms with Crippen LogP contribution < -0.4 is 10.6 Å². The topological polar surface area (TPSA) is 206 Å². The summed E-state index contributed by atoms with van der Waals surface area (Å²) in [6.45, 7) is 9.50. The summed E-state index contributed by atoms with van der Waals surface area (Å²) in [7, 11) is -7.04. The van der Waals surface area contributed by atoms with Crippen molar-refractivity contribution in [2.24, 2.45) is 0 Å². The third-order valence-electron chi connectivity index (χ3n) is 10.2. The van der Waals surface area contributed by atoms with E-state index in [9.17, 15) is 26.4 Å². The molecule has 2 amide bonds. The van der Waals surface area contributed by atoms with Gasteiger partial charge in [0.2, 0.25) is 20.0 Å². The molecule has 0 saturated carbocycles. The highest BCUT2D eigenvalue weighted by molar-refractivity contribution is 7.89. The van der Waals surface area contributed by atoms with E-state index in [0.717, 1.165) is 44.4 Å². The lowest BCUT2D eigenvalue weighted by Crippen LogP contribution is -2.40. The van der Waals surface area contributed by atoms with Crippen molar-refractivity contribution >= 4 is 64.3 Å². The van der Waals surface area contributed by atoms with E-state index in [1.807, 2.05) is 26.8 Å². The summed E-state index contributed by atoms with van der Waals surface area (Å²) in [5, 5.41) is 14.4. The molecule has 0 bridgehead atoms. The van der Waals surface area contributed by atoms with E-state index in [0.29, 0.717) is 87.5 Å². The zero-order valence-corrected chi connectivity index (χ0v) is 35.9. The molecular weight excluding hydrogens is 829 g/mol. The first-order valence-electron chi connectivity index (χ1n) is 19.5. The van der Waals surface area contributed by atoms with Crippen LogP contribution in [0.15, 0.2) is 82.7 Å². The molecule has 2 aliphatic heterocycles. The van der Waals surface area contributed by atoms with Crippen molar-refractivity contribution in [3.05, 3.63) is 112 Å². The predicted molar refractivity (Wildman–Crippen MR) is 227 cm³/mol. The highest BCUT2D eigenvalue weighted by atomic mass is 32.2. The van der Waals surface area contributed by atoms with Crippen LogP contribution in [-0.4, -0.2) is 110 Å². The standard InChI is InChI=1S/C22H26N4O4S2.C19H20N4O4S/c1-4-18-19-14(2)20(31-22(19)25-15(3)24-18)21(27)23-13-16-5-7-17(8-6-16)32(28,29)26-9-11-30-12-10-26;24-19(17-3-1-2-15-13-21-22-18(15)17)20-12-14-4-6-16(7-5-14)28(25,26)23-8-10-27-11-9-23/h5-8H,4,9-13H2,1-3H3,(H,23,27);1-7,13H,8-12H2,(H,20,24)(H,21,22). The Balaban J connectivity index is 0.000000183. The van der Waals surface area contributed by atoms with E-state index >= 15 is 0 Å². The second kappa shape index (κ2) is 18.6. The van der Waals surface area contributed by atoms with Gasteiger partial charge < -0.3 is 20.1 Å². The number of H-pyrrole nitrogens is 1. The summed E-state index contributed by atoms with van der Waals surface area (Å²) < 4.78 is 64.1. The van der Waals surface area contributed by atoms with Crippen LogP contribution in [0, 0.1) is 13.8 Å². The lowest BCUT2D eigenvalue weighted by Gasteiger charge is -2.26. The van der Waals surface area contributed by atoms with Gasteiger partial charge in [0.15, 0.2) is 0 Å². The number of hydrogen-bond acceptors (Lipinski definition) is 12. The van der Waals surface area contributed by atoms with Gasteiger partial charge in [-0.05, 0) is 67.3 Å². The zero-order valence-electron chi connectivity index (χ0n) is 33.4. The Hall–Kier alpha value is -5.15. The van der Waals surface area contributed by atoms with E-state index < -0.39 is 20.0 Å². The van der Waals surface area contributed by atoms with Gasteiger partial charge in [-0.25, -0.2) is 26.8 Å². The molecule has 2 fully saturated rings. The summed E-state index contributed by atoms with van der Waals surface area (Å²) in [6, 6.07) is 18.6. The minimum atomic E-state index is -3.53. The van der Waals surface area contributed by atoms with Gasteiger partial charge in [0.05, 0.1) is 64.1 Å². The molecule has 0 radical (unpaired) electrons. The highest BCUT2D eigenvalue weighted by Gasteiger charge is 2.27. The van der Waals surface area contributed by atoms with Crippen molar-refractivity contribution < 1.29 is 35.9 Å². The van der Waals surface area contributed by atoms with Gasteiger partial charge >= 0.3 is 0 Å². The number of morpholine rings is 2. The number of ether oxygens (including phenoxy) is 2. The molecule has 5 heterocycles. The minimum absolute atomic E-state index is 0.171. The van der Waals surface area contributed by atoms with E-state index in [1.165, 1.54) is 19.9 Å². The Morgan fingerprint density at radius 2 is 1.28 bits per heavy atom. The largest absolute Gasteiger partial charge is 0.379 e. The maximum absolute atomic E-state index is 12.9. The number of rotatable bonds is 11. The molecule has 3 N–H and O–H groups in total. The average molecular weight is 875 g/mol. The van der Waals surface area contributed by atoms with Crippen LogP contribution in [0.25, 0.3) is 21.1 Å². The lowest BCUT2D eigenvalue weighted by atomic mass is 10.1. The van der Waals surface area contributed by atoms with Gasteiger partial charge in [-0.2, -0.15) is 13.7 Å². The number of aromatic amines is 1. The Morgan fingerprint density at radius 3 is 1.82 bits per heavy atom. The molecule has 3 aromatic heterocycles. The van der Waals surface area contributed by atoms with Crippen LogP contribution >= 0.6 is 11.3 Å². The zero-order chi connectivity index (χ0) is 42.4. The molecule has 316 valence electrons. The number of fused-ring (bicyclic) bond motifs is 2. The highest BCUT2D eigenvalue weighted by Crippen LogP contribution is 2.32. The Morgan fingerprint density at radius 1 is 0.750 bits per heavy atom. The van der Waals surface area contributed by atoms with Gasteiger partial charge in [-0.15, -0.1) is 11.3 Å². The molecule has 0 spiro atoms. The van der Waals surface area contributed by atoms with Crippen LogP contribution in [-0.2, 0) is 49.0 Å². The molecule has 0 unspecified atom stereocenters. The van der Waals surface area contributed by atoms with Crippen molar-refractivity contribution in [3.63, 3.8) is 0 Å². The van der Waals surface area contributed by atoms with E-state index in [4.69, 9.17) is 9.47 Å². The minimum Gasteiger partial charge on any atom is -0.379 e. The predicted octanol–water partition coefficient (Wildman–Crippen LogP) is 4.34. The number of aryl methyl sites for hydroxylation is 3. The van der Waals surface area contributed by atoms with Gasteiger partial charge in [-0.1, -0.05) is 43.3 Å². The van der Waals surface area contributed by atoms with Crippen molar-refractivity contribution in [1.29, 1.82) is 0 Å². The second-order valence-electron chi connectivity index (χ2n) is 14.1. The maximum Gasteiger partial charge on any atom is 0.261 e. The van der Waals surface area contributed by atoms with Gasteiger partial charge in [0.25, 0.3) is 11.8 Å². The number of carbonyl (C=O) groups excluding carboxylic acids is 2. The molecule has 2 aliphatic rings. The number of nitrogens with one attached hydrogen (secondary N) is 3. The third-order valence-corrected chi connectivity index (χ3v) is 15.2.